The van der Waals surface area contributed by atoms with Gasteiger partial charge in [-0.15, -0.1) is 0 Å². The van der Waals surface area contributed by atoms with E-state index in [2.05, 4.69) is 5.48 Å². The van der Waals surface area contributed by atoms with E-state index in [1.165, 1.54) is 0 Å². The lowest BCUT2D eigenvalue weighted by Gasteiger charge is -1.92. The second-order valence-corrected chi connectivity index (χ2v) is 1.16. The van der Waals surface area contributed by atoms with Gasteiger partial charge in [0.05, 0.1) is 0 Å². The van der Waals surface area contributed by atoms with E-state index in [-0.39, 0.29) is 0 Å². The lowest BCUT2D eigenvalue weighted by atomic mass is 10.4. The van der Waals surface area contributed by atoms with Crippen molar-refractivity contribution in [3.63, 3.8) is 0 Å². The molecule has 0 bridgehead atoms. The van der Waals surface area contributed by atoms with Gasteiger partial charge in [0.1, 0.15) is 6.10 Å². The summed E-state index contributed by atoms with van der Waals surface area (Å²) in [5.74, 6) is 0. The predicted octanol–water partition coefficient (Wildman–Crippen LogP) is 0.587. The predicted molar refractivity (Wildman–Crippen MR) is 22.3 cm³/mol. The van der Waals surface area contributed by atoms with E-state index >= 15 is 0 Å². The molecular formula is C4H6NO. The van der Waals surface area contributed by atoms with E-state index in [4.69, 9.17) is 4.84 Å². The van der Waals surface area contributed by atoms with Crippen molar-refractivity contribution in [1.82, 2.24) is 5.48 Å². The Morgan fingerprint density at radius 2 is 2.67 bits per heavy atom. The van der Waals surface area contributed by atoms with E-state index in [0.29, 0.717) is 0 Å². The van der Waals surface area contributed by atoms with Crippen LogP contribution < -0.4 is 5.48 Å². The molecule has 0 saturated carbocycles. The molecule has 2 nitrogen and oxygen atoms in total. The quantitative estimate of drug-likeness (QED) is 0.463. The van der Waals surface area contributed by atoms with Crippen LogP contribution in [0.2, 0.25) is 0 Å². The van der Waals surface area contributed by atoms with E-state index in [1.54, 1.807) is 6.20 Å². The zero-order valence-corrected chi connectivity index (χ0v) is 3.56. The van der Waals surface area contributed by atoms with Crippen LogP contribution in [0.4, 0.5) is 0 Å². The number of hydrogen-bond acceptors (Lipinski definition) is 2. The Balaban J connectivity index is 2.38. The monoisotopic (exact) mass is 84.0 g/mol. The highest BCUT2D eigenvalue weighted by atomic mass is 16.7. The Bertz CT molecular complexity index is 69.9. The Morgan fingerprint density at radius 1 is 1.83 bits per heavy atom. The van der Waals surface area contributed by atoms with Crippen LogP contribution >= 0.6 is 0 Å². The molecule has 1 rings (SSSR count). The minimum atomic E-state index is 0.912. The van der Waals surface area contributed by atoms with Gasteiger partial charge in [-0.05, 0) is 13.0 Å². The molecule has 0 fully saturated rings. The highest BCUT2D eigenvalue weighted by Gasteiger charge is 1.99. The molecule has 0 aliphatic carbocycles. The third-order valence-corrected chi connectivity index (χ3v) is 0.606. The molecule has 1 radical (unpaired) electrons. The second kappa shape index (κ2) is 1.30. The van der Waals surface area contributed by atoms with Crippen molar-refractivity contribution in [1.29, 1.82) is 0 Å². The average molecular weight is 84.1 g/mol. The molecule has 6 heavy (non-hydrogen) atoms. The molecule has 0 unspecified atom stereocenters. The maximum atomic E-state index is 4.71. The van der Waals surface area contributed by atoms with E-state index in [0.717, 1.165) is 6.10 Å². The summed E-state index contributed by atoms with van der Waals surface area (Å²) in [5.41, 5.74) is 2.55. The van der Waals surface area contributed by atoms with Crippen molar-refractivity contribution in [2.75, 3.05) is 0 Å². The molecule has 1 aliphatic rings. The molecule has 1 N–H and O–H groups in total. The van der Waals surface area contributed by atoms with Crippen LogP contribution in [0.15, 0.2) is 12.3 Å². The SMILES string of the molecule is C[C]1C=CNO1. The lowest BCUT2D eigenvalue weighted by molar-refractivity contribution is 0.123. The van der Waals surface area contributed by atoms with Crippen molar-refractivity contribution in [2.45, 2.75) is 6.92 Å². The topological polar surface area (TPSA) is 21.3 Å². The van der Waals surface area contributed by atoms with E-state index in [9.17, 15) is 0 Å². The maximum Gasteiger partial charge on any atom is 0.148 e. The molecule has 0 aromatic carbocycles. The summed E-state index contributed by atoms with van der Waals surface area (Å²) in [6.07, 6.45) is 4.52. The first-order chi connectivity index (χ1) is 2.89. The second-order valence-electron chi connectivity index (χ2n) is 1.16. The fourth-order valence-corrected chi connectivity index (χ4v) is 0.312. The van der Waals surface area contributed by atoms with Gasteiger partial charge >= 0.3 is 0 Å². The van der Waals surface area contributed by atoms with Gasteiger partial charge in [-0.2, -0.15) is 0 Å². The number of rotatable bonds is 0. The van der Waals surface area contributed by atoms with Crippen LogP contribution in [0, 0.1) is 6.10 Å². The summed E-state index contributed by atoms with van der Waals surface area (Å²) < 4.78 is 0. The van der Waals surface area contributed by atoms with Gasteiger partial charge in [-0.1, -0.05) is 0 Å². The molecule has 0 spiro atoms. The van der Waals surface area contributed by atoms with Gasteiger partial charge in [0.2, 0.25) is 0 Å². The van der Waals surface area contributed by atoms with Crippen LogP contribution in [-0.2, 0) is 4.84 Å². The van der Waals surface area contributed by atoms with Crippen molar-refractivity contribution in [2.24, 2.45) is 0 Å². The van der Waals surface area contributed by atoms with Gasteiger partial charge < -0.3 is 0 Å². The Hall–Kier alpha value is -0.500. The first kappa shape index (κ1) is 3.68. The number of hydroxylamine groups is 1. The van der Waals surface area contributed by atoms with Gasteiger partial charge in [0.25, 0.3) is 0 Å². The highest BCUT2D eigenvalue weighted by Crippen LogP contribution is 2.03. The minimum Gasteiger partial charge on any atom is -0.273 e. The van der Waals surface area contributed by atoms with Gasteiger partial charge in [-0.3, -0.25) is 10.3 Å². The summed E-state index contributed by atoms with van der Waals surface area (Å²) >= 11 is 0. The fraction of sp³-hybridized carbons (Fsp3) is 0.250. The molecule has 2 heteroatoms. The molecule has 1 heterocycles. The zero-order valence-electron chi connectivity index (χ0n) is 3.56. The smallest absolute Gasteiger partial charge is 0.148 e. The number of hydrogen-bond donors (Lipinski definition) is 1. The summed E-state index contributed by atoms with van der Waals surface area (Å²) in [7, 11) is 0. The molecule has 0 atom stereocenters. The summed E-state index contributed by atoms with van der Waals surface area (Å²) in [4.78, 5) is 4.71. The average Bonchev–Trinajstić information content (AvgIpc) is 1.86. The Labute approximate surface area is 36.8 Å². The Morgan fingerprint density at radius 3 is 2.83 bits per heavy atom. The molecule has 0 aromatic rings. The zero-order chi connectivity index (χ0) is 4.41. The minimum absolute atomic E-state index is 0.912. The number of nitrogens with one attached hydrogen (secondary N) is 1. The van der Waals surface area contributed by atoms with E-state index < -0.39 is 0 Å². The van der Waals surface area contributed by atoms with Crippen LogP contribution in [0.1, 0.15) is 6.92 Å². The van der Waals surface area contributed by atoms with Crippen molar-refractivity contribution in [3.8, 4) is 0 Å². The third-order valence-electron chi connectivity index (χ3n) is 0.606. The molecule has 1 aliphatic heterocycles. The summed E-state index contributed by atoms with van der Waals surface area (Å²) in [6, 6.07) is 0. The lowest BCUT2D eigenvalue weighted by Crippen LogP contribution is -1.98. The molecular weight excluding hydrogens is 78.0 g/mol. The normalized spacial score (nSPS) is 21.5. The third kappa shape index (κ3) is 0.518. The summed E-state index contributed by atoms with van der Waals surface area (Å²) in [6.45, 7) is 1.89. The van der Waals surface area contributed by atoms with Crippen molar-refractivity contribution < 1.29 is 4.84 Å². The first-order valence-electron chi connectivity index (χ1n) is 1.82. The Kier molecular flexibility index (Phi) is 0.801. The van der Waals surface area contributed by atoms with Gasteiger partial charge in [0.15, 0.2) is 0 Å². The van der Waals surface area contributed by atoms with Gasteiger partial charge in [0, 0.05) is 6.20 Å². The summed E-state index contributed by atoms with van der Waals surface area (Å²) in [5, 5.41) is 0. The van der Waals surface area contributed by atoms with Crippen molar-refractivity contribution in [3.05, 3.63) is 18.4 Å². The van der Waals surface area contributed by atoms with Gasteiger partial charge in [-0.25, -0.2) is 0 Å². The van der Waals surface area contributed by atoms with Crippen molar-refractivity contribution >= 4 is 0 Å². The van der Waals surface area contributed by atoms with Crippen LogP contribution in [-0.4, -0.2) is 0 Å². The van der Waals surface area contributed by atoms with Crippen LogP contribution in [0.3, 0.4) is 0 Å². The van der Waals surface area contributed by atoms with Crippen LogP contribution in [0.5, 0.6) is 0 Å². The van der Waals surface area contributed by atoms with E-state index in [1.807, 2.05) is 13.0 Å². The first-order valence-corrected chi connectivity index (χ1v) is 1.82. The largest absolute Gasteiger partial charge is 0.273 e. The molecule has 0 saturated heterocycles. The fourth-order valence-electron chi connectivity index (χ4n) is 0.312. The molecule has 0 aromatic heterocycles. The highest BCUT2D eigenvalue weighted by molar-refractivity contribution is 5.01. The molecule has 0 amide bonds. The maximum absolute atomic E-state index is 4.71. The molecule has 33 valence electrons. The standard InChI is InChI=1S/C4H6NO/c1-4-2-3-5-6-4/h2-3,5H,1H3. The van der Waals surface area contributed by atoms with Crippen LogP contribution in [0.25, 0.3) is 0 Å².